The summed E-state index contributed by atoms with van der Waals surface area (Å²) in [5, 5.41) is 0. The maximum Gasteiger partial charge on any atom is 0.229 e. The SMILES string of the molecule is CN(C)C(=O)C1(Cc2ccc(-c3ccccc3)cc2)CCN(Cc2cccnc2)C1. The van der Waals surface area contributed by atoms with Crippen molar-refractivity contribution in [2.24, 2.45) is 5.41 Å². The van der Waals surface area contributed by atoms with Crippen molar-refractivity contribution in [2.45, 2.75) is 19.4 Å². The Kier molecular flexibility index (Phi) is 5.96. The molecule has 0 N–H and O–H groups in total. The lowest BCUT2D eigenvalue weighted by Gasteiger charge is -2.31. The third-order valence-corrected chi connectivity index (χ3v) is 6.03. The van der Waals surface area contributed by atoms with Crippen molar-refractivity contribution in [1.29, 1.82) is 0 Å². The number of benzene rings is 2. The van der Waals surface area contributed by atoms with Gasteiger partial charge < -0.3 is 4.90 Å². The zero-order valence-corrected chi connectivity index (χ0v) is 17.8. The van der Waals surface area contributed by atoms with Crippen LogP contribution in [0.3, 0.4) is 0 Å². The van der Waals surface area contributed by atoms with Gasteiger partial charge in [-0.3, -0.25) is 14.7 Å². The highest BCUT2D eigenvalue weighted by atomic mass is 16.2. The van der Waals surface area contributed by atoms with Gasteiger partial charge in [0.1, 0.15) is 0 Å². The summed E-state index contributed by atoms with van der Waals surface area (Å²) in [6.07, 6.45) is 5.36. The van der Waals surface area contributed by atoms with E-state index in [1.54, 1.807) is 11.1 Å². The van der Waals surface area contributed by atoms with E-state index in [0.29, 0.717) is 0 Å². The first-order valence-corrected chi connectivity index (χ1v) is 10.5. The molecule has 1 aromatic heterocycles. The molecule has 1 saturated heterocycles. The second kappa shape index (κ2) is 8.80. The van der Waals surface area contributed by atoms with E-state index in [2.05, 4.69) is 64.5 Å². The van der Waals surface area contributed by atoms with Gasteiger partial charge in [0.15, 0.2) is 0 Å². The third kappa shape index (κ3) is 4.44. The van der Waals surface area contributed by atoms with Crippen LogP contribution in [0.2, 0.25) is 0 Å². The molecule has 2 aromatic carbocycles. The molecule has 0 saturated carbocycles. The summed E-state index contributed by atoms with van der Waals surface area (Å²) in [5.41, 5.74) is 4.45. The van der Waals surface area contributed by atoms with Crippen LogP contribution in [0, 0.1) is 5.41 Å². The maximum atomic E-state index is 13.2. The highest BCUT2D eigenvalue weighted by molar-refractivity contribution is 5.83. The first-order chi connectivity index (χ1) is 14.6. The highest BCUT2D eigenvalue weighted by Gasteiger charge is 2.45. The van der Waals surface area contributed by atoms with Crippen LogP contribution in [0.1, 0.15) is 17.5 Å². The molecule has 4 nitrogen and oxygen atoms in total. The molecular weight excluding hydrogens is 370 g/mol. The van der Waals surface area contributed by atoms with Gasteiger partial charge >= 0.3 is 0 Å². The Morgan fingerprint density at radius 1 is 0.967 bits per heavy atom. The predicted octanol–water partition coefficient (Wildman–Crippen LogP) is 4.27. The molecule has 30 heavy (non-hydrogen) atoms. The fourth-order valence-corrected chi connectivity index (χ4v) is 4.55. The molecule has 0 aliphatic carbocycles. The summed E-state index contributed by atoms with van der Waals surface area (Å²) in [6.45, 7) is 2.54. The monoisotopic (exact) mass is 399 g/mol. The van der Waals surface area contributed by atoms with Crippen LogP contribution in [0.4, 0.5) is 0 Å². The lowest BCUT2D eigenvalue weighted by atomic mass is 9.79. The van der Waals surface area contributed by atoms with Crippen LogP contribution in [-0.4, -0.2) is 47.9 Å². The molecule has 1 atom stereocenters. The summed E-state index contributed by atoms with van der Waals surface area (Å²) >= 11 is 0. The van der Waals surface area contributed by atoms with E-state index in [1.807, 2.05) is 32.4 Å². The van der Waals surface area contributed by atoms with Crippen LogP contribution in [0.5, 0.6) is 0 Å². The fraction of sp³-hybridized carbons (Fsp3) is 0.308. The zero-order chi connectivity index (χ0) is 21.0. The number of hydrogen-bond acceptors (Lipinski definition) is 3. The standard InChI is InChI=1S/C26H29N3O/c1-28(2)25(30)26(14-16-29(20-26)19-22-7-6-15-27-18-22)17-21-10-12-24(13-11-21)23-8-4-3-5-9-23/h3-13,15,18H,14,16-17,19-20H2,1-2H3. The Morgan fingerprint density at radius 3 is 2.37 bits per heavy atom. The minimum Gasteiger partial charge on any atom is -0.348 e. The van der Waals surface area contributed by atoms with Crippen LogP contribution in [0.25, 0.3) is 11.1 Å². The van der Waals surface area contributed by atoms with Gasteiger partial charge in [-0.05, 0) is 47.7 Å². The summed E-state index contributed by atoms with van der Waals surface area (Å²) < 4.78 is 0. The van der Waals surface area contributed by atoms with Crippen molar-refractivity contribution >= 4 is 5.91 Å². The quantitative estimate of drug-likeness (QED) is 0.621. The minimum atomic E-state index is -0.375. The summed E-state index contributed by atoms with van der Waals surface area (Å²) in [4.78, 5) is 21.6. The van der Waals surface area contributed by atoms with Gasteiger partial charge in [-0.15, -0.1) is 0 Å². The molecule has 0 spiro atoms. The van der Waals surface area contributed by atoms with Gasteiger partial charge in [0.05, 0.1) is 5.41 Å². The summed E-state index contributed by atoms with van der Waals surface area (Å²) in [5.74, 6) is 0.225. The Balaban J connectivity index is 1.52. The van der Waals surface area contributed by atoms with Crippen LogP contribution < -0.4 is 0 Å². The smallest absolute Gasteiger partial charge is 0.229 e. The number of aromatic nitrogens is 1. The first-order valence-electron chi connectivity index (χ1n) is 10.5. The van der Waals surface area contributed by atoms with Gasteiger partial charge in [0.25, 0.3) is 0 Å². The van der Waals surface area contributed by atoms with Gasteiger partial charge in [0.2, 0.25) is 5.91 Å². The Labute approximate surface area is 179 Å². The first kappa shape index (κ1) is 20.3. The molecular formula is C26H29N3O. The fourth-order valence-electron chi connectivity index (χ4n) is 4.55. The highest BCUT2D eigenvalue weighted by Crippen LogP contribution is 2.37. The predicted molar refractivity (Wildman–Crippen MR) is 121 cm³/mol. The van der Waals surface area contributed by atoms with Crippen molar-refractivity contribution in [3.8, 4) is 11.1 Å². The zero-order valence-electron chi connectivity index (χ0n) is 17.8. The Morgan fingerprint density at radius 2 is 1.70 bits per heavy atom. The van der Waals surface area contributed by atoms with Crippen LogP contribution in [0.15, 0.2) is 79.1 Å². The number of amides is 1. The molecule has 2 heterocycles. The van der Waals surface area contributed by atoms with Gasteiger partial charge in [0, 0.05) is 39.6 Å². The molecule has 0 bridgehead atoms. The average molecular weight is 400 g/mol. The average Bonchev–Trinajstić information content (AvgIpc) is 3.18. The molecule has 3 aromatic rings. The van der Waals surface area contributed by atoms with Crippen molar-refractivity contribution in [1.82, 2.24) is 14.8 Å². The van der Waals surface area contributed by atoms with E-state index in [1.165, 1.54) is 22.3 Å². The lowest BCUT2D eigenvalue weighted by Crippen LogP contribution is -2.43. The number of likely N-dealkylation sites (tertiary alicyclic amines) is 1. The van der Waals surface area contributed by atoms with Gasteiger partial charge in [-0.2, -0.15) is 0 Å². The van der Waals surface area contributed by atoms with E-state index in [-0.39, 0.29) is 11.3 Å². The second-order valence-corrected chi connectivity index (χ2v) is 8.54. The van der Waals surface area contributed by atoms with Crippen molar-refractivity contribution in [3.63, 3.8) is 0 Å². The number of carbonyl (C=O) groups is 1. The topological polar surface area (TPSA) is 36.4 Å². The van der Waals surface area contributed by atoms with E-state index in [0.717, 1.165) is 32.5 Å². The summed E-state index contributed by atoms with van der Waals surface area (Å²) in [6, 6.07) is 23.2. The molecule has 4 rings (SSSR count). The number of hydrogen-bond donors (Lipinski definition) is 0. The number of rotatable bonds is 6. The molecule has 154 valence electrons. The number of carbonyl (C=O) groups excluding carboxylic acids is 1. The molecule has 1 aliphatic rings. The van der Waals surface area contributed by atoms with Gasteiger partial charge in [-0.25, -0.2) is 0 Å². The molecule has 1 fully saturated rings. The summed E-state index contributed by atoms with van der Waals surface area (Å²) in [7, 11) is 3.73. The second-order valence-electron chi connectivity index (χ2n) is 8.54. The molecule has 1 unspecified atom stereocenters. The van der Waals surface area contributed by atoms with Gasteiger partial charge in [-0.1, -0.05) is 60.7 Å². The van der Waals surface area contributed by atoms with E-state index >= 15 is 0 Å². The van der Waals surface area contributed by atoms with Crippen molar-refractivity contribution in [3.05, 3.63) is 90.3 Å². The number of nitrogens with zero attached hydrogens (tertiary/aromatic N) is 3. The molecule has 4 heteroatoms. The number of pyridine rings is 1. The van der Waals surface area contributed by atoms with Crippen molar-refractivity contribution < 1.29 is 4.79 Å². The van der Waals surface area contributed by atoms with E-state index in [9.17, 15) is 4.79 Å². The third-order valence-electron chi connectivity index (χ3n) is 6.03. The molecule has 1 amide bonds. The van der Waals surface area contributed by atoms with Crippen molar-refractivity contribution in [2.75, 3.05) is 27.2 Å². The molecule has 0 radical (unpaired) electrons. The molecule has 1 aliphatic heterocycles. The van der Waals surface area contributed by atoms with E-state index in [4.69, 9.17) is 0 Å². The maximum absolute atomic E-state index is 13.2. The Hall–Kier alpha value is -2.98. The normalized spacial score (nSPS) is 19.0. The van der Waals surface area contributed by atoms with E-state index < -0.39 is 0 Å². The lowest BCUT2D eigenvalue weighted by molar-refractivity contribution is -0.138. The van der Waals surface area contributed by atoms with Crippen LogP contribution in [-0.2, 0) is 17.8 Å². The Bertz CT molecular complexity index is 970. The van der Waals surface area contributed by atoms with Crippen LogP contribution >= 0.6 is 0 Å². The minimum absolute atomic E-state index is 0.225. The largest absolute Gasteiger partial charge is 0.348 e.